The Bertz CT molecular complexity index is 1800. The van der Waals surface area contributed by atoms with E-state index in [1.54, 1.807) is 21.8 Å². The lowest BCUT2D eigenvalue weighted by Crippen LogP contribution is -2.24. The lowest BCUT2D eigenvalue weighted by molar-refractivity contribution is 0.340. The Morgan fingerprint density at radius 1 is 0.659 bits per heavy atom. The third kappa shape index (κ3) is 5.28. The molecule has 0 fully saturated rings. The molecule has 0 aliphatic carbocycles. The van der Waals surface area contributed by atoms with Gasteiger partial charge in [0.15, 0.2) is 0 Å². The smallest absolute Gasteiger partial charge is 0.262 e. The molecule has 0 aliphatic heterocycles. The Kier molecular flexibility index (Phi) is 7.67. The molecular weight excluding hydrogens is 556 g/mol. The lowest BCUT2D eigenvalue weighted by Gasteiger charge is -2.09. The van der Waals surface area contributed by atoms with E-state index in [9.17, 15) is 9.59 Å². The molecule has 0 unspecified atom stereocenters. The van der Waals surface area contributed by atoms with Crippen LogP contribution in [-0.2, 0) is 13.1 Å². The summed E-state index contributed by atoms with van der Waals surface area (Å²) >= 11 is 2.92. The van der Waals surface area contributed by atoms with Gasteiger partial charge in [0.05, 0.1) is 36.6 Å². The van der Waals surface area contributed by atoms with E-state index in [1.165, 1.54) is 22.7 Å². The summed E-state index contributed by atoms with van der Waals surface area (Å²) in [6.07, 6.45) is 3.76. The predicted molar refractivity (Wildman–Crippen MR) is 166 cm³/mol. The highest BCUT2D eigenvalue weighted by Gasteiger charge is 2.15. The van der Waals surface area contributed by atoms with E-state index in [-0.39, 0.29) is 11.1 Å². The van der Waals surface area contributed by atoms with Gasteiger partial charge in [-0.2, -0.15) is 0 Å². The first-order valence-electron chi connectivity index (χ1n) is 13.5. The van der Waals surface area contributed by atoms with Gasteiger partial charge in [-0.15, -0.1) is 22.7 Å². The zero-order valence-corrected chi connectivity index (χ0v) is 24.3. The highest BCUT2D eigenvalue weighted by molar-refractivity contribution is 7.17. The van der Waals surface area contributed by atoms with Crippen molar-refractivity contribution in [1.29, 1.82) is 0 Å². The fraction of sp³-hybridized carbons (Fsp3) is 0.226. The van der Waals surface area contributed by atoms with E-state index in [2.05, 4.69) is 9.97 Å². The molecule has 8 nitrogen and oxygen atoms in total. The number of hydrogen-bond acceptors (Lipinski definition) is 8. The third-order valence-electron chi connectivity index (χ3n) is 6.87. The summed E-state index contributed by atoms with van der Waals surface area (Å²) in [4.78, 5) is 37.5. The first-order valence-corrected chi connectivity index (χ1v) is 15.2. The minimum atomic E-state index is -0.0864. The Balaban J connectivity index is 1.23. The van der Waals surface area contributed by atoms with E-state index >= 15 is 0 Å². The van der Waals surface area contributed by atoms with Crippen LogP contribution in [0.5, 0.6) is 11.5 Å². The number of aryl methyl sites for hydroxylation is 2. The number of fused-ring (bicyclic) bond motifs is 2. The first-order chi connectivity index (χ1) is 20.1. The van der Waals surface area contributed by atoms with E-state index in [0.29, 0.717) is 53.2 Å². The standard InChI is InChI=1S/C31H28N4O4S2/c1-3-38-22-10-6-20(7-11-22)24-16-40-28-26(24)30(36)34(18-32-28)14-5-15-35-19-33-29-27(31(35)37)25(17-41-29)21-8-12-23(13-9-21)39-4-2/h6-13,16-19H,3-5,14-15H2,1-2H3. The average molecular weight is 585 g/mol. The van der Waals surface area contributed by atoms with Crippen molar-refractivity contribution in [3.05, 3.63) is 92.7 Å². The van der Waals surface area contributed by atoms with Crippen LogP contribution in [0.3, 0.4) is 0 Å². The second kappa shape index (κ2) is 11.7. The molecule has 0 aliphatic rings. The largest absolute Gasteiger partial charge is 0.494 e. The summed E-state index contributed by atoms with van der Waals surface area (Å²) in [5.74, 6) is 1.59. The van der Waals surface area contributed by atoms with Gasteiger partial charge in [0, 0.05) is 35.0 Å². The fourth-order valence-electron chi connectivity index (χ4n) is 4.88. The van der Waals surface area contributed by atoms with Gasteiger partial charge in [0.2, 0.25) is 0 Å². The van der Waals surface area contributed by atoms with Crippen molar-refractivity contribution >= 4 is 43.1 Å². The second-order valence-electron chi connectivity index (χ2n) is 9.41. The Labute approximate surface area is 244 Å². The molecule has 0 spiro atoms. The maximum Gasteiger partial charge on any atom is 0.262 e. The van der Waals surface area contributed by atoms with E-state index in [1.807, 2.05) is 73.1 Å². The molecule has 0 atom stereocenters. The molecule has 208 valence electrons. The molecule has 0 bridgehead atoms. The predicted octanol–water partition coefficient (Wildman–Crippen LogP) is 6.45. The summed E-state index contributed by atoms with van der Waals surface area (Å²) in [6, 6.07) is 15.5. The Morgan fingerprint density at radius 3 is 1.46 bits per heavy atom. The van der Waals surface area contributed by atoms with Crippen LogP contribution in [0.2, 0.25) is 0 Å². The van der Waals surface area contributed by atoms with Crippen molar-refractivity contribution in [3.8, 4) is 33.8 Å². The van der Waals surface area contributed by atoms with Crippen molar-refractivity contribution < 1.29 is 9.47 Å². The van der Waals surface area contributed by atoms with Gasteiger partial charge >= 0.3 is 0 Å². The summed E-state index contributed by atoms with van der Waals surface area (Å²) in [7, 11) is 0. The maximum absolute atomic E-state index is 13.5. The van der Waals surface area contributed by atoms with Gasteiger partial charge in [0.1, 0.15) is 21.2 Å². The van der Waals surface area contributed by atoms with Crippen LogP contribution in [0, 0.1) is 0 Å². The molecule has 0 saturated carbocycles. The van der Waals surface area contributed by atoms with Crippen molar-refractivity contribution in [2.45, 2.75) is 33.4 Å². The number of hydrogen-bond donors (Lipinski definition) is 0. The zero-order chi connectivity index (χ0) is 28.3. The summed E-state index contributed by atoms with van der Waals surface area (Å²) in [6.45, 7) is 5.95. The van der Waals surface area contributed by atoms with Crippen LogP contribution in [0.25, 0.3) is 42.7 Å². The van der Waals surface area contributed by atoms with E-state index in [4.69, 9.17) is 9.47 Å². The van der Waals surface area contributed by atoms with Crippen LogP contribution >= 0.6 is 22.7 Å². The number of ether oxygens (including phenoxy) is 2. The summed E-state index contributed by atoms with van der Waals surface area (Å²) in [5.41, 5.74) is 3.45. The van der Waals surface area contributed by atoms with Crippen molar-refractivity contribution in [2.24, 2.45) is 0 Å². The third-order valence-corrected chi connectivity index (χ3v) is 8.64. The Hall–Kier alpha value is -4.28. The van der Waals surface area contributed by atoms with Gasteiger partial charge in [0.25, 0.3) is 11.1 Å². The molecule has 10 heteroatoms. The first kappa shape index (κ1) is 26.9. The van der Waals surface area contributed by atoms with E-state index < -0.39 is 0 Å². The van der Waals surface area contributed by atoms with E-state index in [0.717, 1.165) is 33.8 Å². The molecule has 41 heavy (non-hydrogen) atoms. The highest BCUT2D eigenvalue weighted by atomic mass is 32.1. The molecule has 0 radical (unpaired) electrons. The van der Waals surface area contributed by atoms with Crippen molar-refractivity contribution in [1.82, 2.24) is 19.1 Å². The average Bonchev–Trinajstić information content (AvgIpc) is 3.62. The van der Waals surface area contributed by atoms with Gasteiger partial charge < -0.3 is 9.47 Å². The second-order valence-corrected chi connectivity index (χ2v) is 11.1. The molecule has 0 N–H and O–H groups in total. The van der Waals surface area contributed by atoms with Crippen LogP contribution < -0.4 is 20.6 Å². The van der Waals surface area contributed by atoms with Crippen LogP contribution in [-0.4, -0.2) is 32.3 Å². The molecule has 6 aromatic rings. The number of nitrogens with zero attached hydrogens (tertiary/aromatic N) is 4. The molecule has 2 aromatic carbocycles. The number of rotatable bonds is 10. The monoisotopic (exact) mass is 584 g/mol. The Morgan fingerprint density at radius 2 is 1.07 bits per heavy atom. The van der Waals surface area contributed by atoms with Crippen LogP contribution in [0.4, 0.5) is 0 Å². The number of thiophene rings is 2. The summed E-state index contributed by atoms with van der Waals surface area (Å²) < 4.78 is 14.3. The quantitative estimate of drug-likeness (QED) is 0.184. The van der Waals surface area contributed by atoms with Gasteiger partial charge in [-0.05, 0) is 55.7 Å². The van der Waals surface area contributed by atoms with Crippen LogP contribution in [0.1, 0.15) is 20.3 Å². The lowest BCUT2D eigenvalue weighted by atomic mass is 10.1. The maximum atomic E-state index is 13.5. The minimum Gasteiger partial charge on any atom is -0.494 e. The van der Waals surface area contributed by atoms with Gasteiger partial charge in [-0.3, -0.25) is 18.7 Å². The molecule has 4 aromatic heterocycles. The molecular formula is C31H28N4O4S2. The molecule has 0 amide bonds. The highest BCUT2D eigenvalue weighted by Crippen LogP contribution is 2.33. The number of benzene rings is 2. The topological polar surface area (TPSA) is 88.2 Å². The SMILES string of the molecule is CCOc1ccc(-c2csc3ncn(CCCn4cnc5scc(-c6ccc(OCC)cc6)c5c4=O)c(=O)c23)cc1. The summed E-state index contributed by atoms with van der Waals surface area (Å²) in [5, 5.41) is 5.17. The molecule has 6 rings (SSSR count). The van der Waals surface area contributed by atoms with Crippen molar-refractivity contribution in [2.75, 3.05) is 13.2 Å². The minimum absolute atomic E-state index is 0.0864. The molecule has 0 saturated heterocycles. The van der Waals surface area contributed by atoms with Gasteiger partial charge in [-0.25, -0.2) is 9.97 Å². The number of aromatic nitrogens is 4. The fourth-order valence-corrected chi connectivity index (χ4v) is 6.70. The normalized spacial score (nSPS) is 11.4. The zero-order valence-electron chi connectivity index (χ0n) is 22.7. The van der Waals surface area contributed by atoms with Crippen molar-refractivity contribution in [3.63, 3.8) is 0 Å². The van der Waals surface area contributed by atoms with Gasteiger partial charge in [-0.1, -0.05) is 24.3 Å². The molecule has 4 heterocycles. The van der Waals surface area contributed by atoms with Crippen LogP contribution in [0.15, 0.2) is 81.5 Å².